The number of fused-ring (bicyclic) bond motifs is 1. The smallest absolute Gasteiger partial charge is 0.296 e. The van der Waals surface area contributed by atoms with Gasteiger partial charge in [0.2, 0.25) is 5.65 Å². The molecule has 0 bridgehead atoms. The fraction of sp³-hybridized carbons (Fsp3) is 0.300. The number of nitrogens with zero attached hydrogens (tertiary/aromatic N) is 6. The van der Waals surface area contributed by atoms with Crippen LogP contribution in [0.25, 0.3) is 16.9 Å². The normalized spacial score (nSPS) is 15.8. The van der Waals surface area contributed by atoms with Crippen molar-refractivity contribution in [3.63, 3.8) is 0 Å². The largest absolute Gasteiger partial charge is 0.401 e. The summed E-state index contributed by atoms with van der Waals surface area (Å²) in [7, 11) is 1.60. The van der Waals surface area contributed by atoms with Gasteiger partial charge in [0.1, 0.15) is 6.33 Å². The molecule has 11 heteroatoms. The summed E-state index contributed by atoms with van der Waals surface area (Å²) < 4.78 is 2.89. The fourth-order valence-corrected chi connectivity index (χ4v) is 5.11. The maximum absolute atomic E-state index is 13.4. The first-order valence-corrected chi connectivity index (χ1v) is 13.5. The number of benzene rings is 2. The van der Waals surface area contributed by atoms with Crippen LogP contribution in [0.1, 0.15) is 24.0 Å². The number of likely N-dealkylation sites (tertiary alicyclic amines) is 1. The Hall–Kier alpha value is -4.61. The third kappa shape index (κ3) is 5.96. The molecule has 0 spiro atoms. The number of nitrogens with two attached hydrogens (primary N) is 2. The highest BCUT2D eigenvalue weighted by molar-refractivity contribution is 6.12. The van der Waals surface area contributed by atoms with Crippen molar-refractivity contribution in [2.75, 3.05) is 20.1 Å². The lowest BCUT2D eigenvalue weighted by Crippen LogP contribution is -2.50. The summed E-state index contributed by atoms with van der Waals surface area (Å²) in [6.45, 7) is 1.11. The van der Waals surface area contributed by atoms with Crippen LogP contribution in [0.2, 0.25) is 0 Å². The molecular weight excluding hydrogens is 520 g/mol. The molecule has 41 heavy (non-hydrogen) atoms. The Bertz CT molecular complexity index is 1650. The molecule has 3 heterocycles. The summed E-state index contributed by atoms with van der Waals surface area (Å²) in [4.78, 5) is 36.7. The molecule has 0 saturated carbocycles. The van der Waals surface area contributed by atoms with Crippen LogP contribution in [0.3, 0.4) is 0 Å². The maximum atomic E-state index is 13.4. The van der Waals surface area contributed by atoms with Gasteiger partial charge in [-0.3, -0.25) is 19.1 Å². The van der Waals surface area contributed by atoms with Gasteiger partial charge in [0.15, 0.2) is 0 Å². The second-order valence-electron chi connectivity index (χ2n) is 10.3. The Balaban J connectivity index is 1.29. The van der Waals surface area contributed by atoms with Crippen molar-refractivity contribution in [3.8, 4) is 11.3 Å². The van der Waals surface area contributed by atoms with Gasteiger partial charge in [-0.1, -0.05) is 54.6 Å². The first-order chi connectivity index (χ1) is 19.8. The Labute approximate surface area is 237 Å². The number of allylic oxidation sites excluding steroid dienone is 1. The summed E-state index contributed by atoms with van der Waals surface area (Å²) in [5, 5.41) is 15.8. The van der Waals surface area contributed by atoms with Gasteiger partial charge in [-0.05, 0) is 24.0 Å². The highest BCUT2D eigenvalue weighted by atomic mass is 16.3. The molecule has 1 amide bonds. The zero-order valence-electron chi connectivity index (χ0n) is 23.0. The molecule has 1 aliphatic heterocycles. The zero-order valence-corrected chi connectivity index (χ0v) is 23.0. The Kier molecular flexibility index (Phi) is 8.09. The van der Waals surface area contributed by atoms with Crippen molar-refractivity contribution in [3.05, 3.63) is 99.9 Å². The summed E-state index contributed by atoms with van der Waals surface area (Å²) in [6.07, 6.45) is 5.54. The fourth-order valence-electron chi connectivity index (χ4n) is 5.11. The summed E-state index contributed by atoms with van der Waals surface area (Å²) in [6, 6.07) is 17.4. The number of imidazole rings is 1. The van der Waals surface area contributed by atoms with E-state index in [1.165, 1.54) is 21.6 Å². The van der Waals surface area contributed by atoms with Crippen LogP contribution in [0, 0.1) is 0 Å². The average molecular weight is 555 g/mol. The van der Waals surface area contributed by atoms with E-state index in [-0.39, 0.29) is 23.7 Å². The van der Waals surface area contributed by atoms with E-state index in [1.54, 1.807) is 18.1 Å². The standard InChI is InChI=1S/C30H34N8O3/c1-33-17-24(25(32)15-21-5-3-2-4-6-21)28(39)36-13-11-30(41,12-14-36)19-37-20-35-38-26(18-34-27(38)29(37)40)23-9-7-22(16-31)8-10-23/h2-10,17-18,20,41H,11-16,19,31-32H2,1H3. The molecule has 1 fully saturated rings. The van der Waals surface area contributed by atoms with Crippen LogP contribution in [0.4, 0.5) is 0 Å². The number of aliphatic imine (C=N–C) groups is 1. The lowest BCUT2D eigenvalue weighted by molar-refractivity contribution is -0.131. The molecule has 5 rings (SSSR count). The monoisotopic (exact) mass is 554 g/mol. The van der Waals surface area contributed by atoms with E-state index in [1.807, 2.05) is 54.6 Å². The number of hydrogen-bond donors (Lipinski definition) is 3. The molecule has 212 valence electrons. The van der Waals surface area contributed by atoms with Gasteiger partial charge in [0.05, 0.1) is 29.6 Å². The van der Waals surface area contributed by atoms with Crippen LogP contribution in [-0.2, 0) is 24.3 Å². The van der Waals surface area contributed by atoms with E-state index >= 15 is 0 Å². The van der Waals surface area contributed by atoms with E-state index < -0.39 is 5.60 Å². The number of carbonyl (C=O) groups excluding carboxylic acids is 1. The van der Waals surface area contributed by atoms with Crippen molar-refractivity contribution < 1.29 is 9.90 Å². The molecule has 1 saturated heterocycles. The highest BCUT2D eigenvalue weighted by Crippen LogP contribution is 2.25. The van der Waals surface area contributed by atoms with E-state index in [9.17, 15) is 14.7 Å². The molecule has 11 nitrogen and oxygen atoms in total. The van der Waals surface area contributed by atoms with Crippen molar-refractivity contribution in [1.29, 1.82) is 0 Å². The maximum Gasteiger partial charge on any atom is 0.296 e. The second kappa shape index (κ2) is 11.9. The van der Waals surface area contributed by atoms with E-state index in [4.69, 9.17) is 11.5 Å². The van der Waals surface area contributed by atoms with Gasteiger partial charge in [-0.25, -0.2) is 9.50 Å². The SMILES string of the molecule is CN=CC(C(=O)N1CCC(O)(Cn2cnn3c(-c4ccc(CN)cc4)cnc3c2=O)CC1)=C(N)Cc1ccccc1. The molecule has 2 aromatic heterocycles. The first-order valence-electron chi connectivity index (χ1n) is 13.5. The second-order valence-corrected chi connectivity index (χ2v) is 10.3. The van der Waals surface area contributed by atoms with Crippen LogP contribution >= 0.6 is 0 Å². The minimum Gasteiger partial charge on any atom is -0.401 e. The average Bonchev–Trinajstić information content (AvgIpc) is 3.43. The van der Waals surface area contributed by atoms with Crippen molar-refractivity contribution in [2.24, 2.45) is 16.5 Å². The number of carbonyl (C=O) groups is 1. The molecule has 5 N–H and O–H groups in total. The first kappa shape index (κ1) is 27.9. The van der Waals surface area contributed by atoms with Crippen molar-refractivity contribution in [2.45, 2.75) is 38.0 Å². The van der Waals surface area contributed by atoms with E-state index in [2.05, 4.69) is 15.1 Å². The third-order valence-electron chi connectivity index (χ3n) is 7.50. The van der Waals surface area contributed by atoms with Crippen molar-refractivity contribution >= 4 is 17.8 Å². The Morgan fingerprint density at radius 3 is 2.46 bits per heavy atom. The minimum atomic E-state index is -1.19. The van der Waals surface area contributed by atoms with Crippen LogP contribution in [-0.4, -0.2) is 67.0 Å². The van der Waals surface area contributed by atoms with Gasteiger partial charge in [0, 0.05) is 50.6 Å². The predicted molar refractivity (Wildman–Crippen MR) is 157 cm³/mol. The molecule has 0 aliphatic carbocycles. The third-order valence-corrected chi connectivity index (χ3v) is 7.50. The predicted octanol–water partition coefficient (Wildman–Crippen LogP) is 1.53. The van der Waals surface area contributed by atoms with Gasteiger partial charge >= 0.3 is 0 Å². The lowest BCUT2D eigenvalue weighted by Gasteiger charge is -2.38. The number of rotatable bonds is 8. The van der Waals surface area contributed by atoms with Crippen LogP contribution < -0.4 is 17.0 Å². The van der Waals surface area contributed by atoms with Crippen LogP contribution in [0.15, 0.2) is 88.2 Å². The quantitative estimate of drug-likeness (QED) is 0.220. The topological polar surface area (TPSA) is 157 Å². The number of piperidine rings is 1. The van der Waals surface area contributed by atoms with E-state index in [0.717, 1.165) is 16.7 Å². The molecule has 1 aliphatic rings. The number of aromatic nitrogens is 4. The van der Waals surface area contributed by atoms with Gasteiger partial charge < -0.3 is 21.5 Å². The van der Waals surface area contributed by atoms with E-state index in [0.29, 0.717) is 55.9 Å². The highest BCUT2D eigenvalue weighted by Gasteiger charge is 2.35. The number of aliphatic hydroxyl groups is 1. The summed E-state index contributed by atoms with van der Waals surface area (Å²) in [5.41, 5.74) is 15.0. The zero-order chi connectivity index (χ0) is 29.0. The number of hydrogen-bond acceptors (Lipinski definition) is 8. The van der Waals surface area contributed by atoms with Gasteiger partial charge in [-0.2, -0.15) is 5.10 Å². The lowest BCUT2D eigenvalue weighted by atomic mass is 9.90. The molecule has 2 aromatic carbocycles. The molecule has 0 unspecified atom stereocenters. The summed E-state index contributed by atoms with van der Waals surface area (Å²) in [5.74, 6) is -0.226. The number of amides is 1. The van der Waals surface area contributed by atoms with Crippen molar-refractivity contribution in [1.82, 2.24) is 24.1 Å². The molecular formula is C30H34N8O3. The van der Waals surface area contributed by atoms with Crippen LogP contribution in [0.5, 0.6) is 0 Å². The van der Waals surface area contributed by atoms with Gasteiger partial charge in [0.25, 0.3) is 11.5 Å². The molecule has 0 radical (unpaired) electrons. The Morgan fingerprint density at radius 2 is 1.80 bits per heavy atom. The molecule has 0 atom stereocenters. The van der Waals surface area contributed by atoms with Gasteiger partial charge in [-0.15, -0.1) is 0 Å². The minimum absolute atomic E-state index is 0.0417. The Morgan fingerprint density at radius 1 is 1.10 bits per heavy atom. The molecule has 4 aromatic rings. The summed E-state index contributed by atoms with van der Waals surface area (Å²) >= 11 is 0.